The molecule has 0 aromatic heterocycles. The summed E-state index contributed by atoms with van der Waals surface area (Å²) in [7, 11) is 0. The Hall–Kier alpha value is -3.79. The Bertz CT molecular complexity index is 1040. The fraction of sp³-hybridized carbons (Fsp3) is 0.250. The van der Waals surface area contributed by atoms with E-state index >= 15 is 0 Å². The Morgan fingerprint density at radius 1 is 1.15 bits per heavy atom. The van der Waals surface area contributed by atoms with Gasteiger partial charge in [-0.2, -0.15) is 5.10 Å². The minimum atomic E-state index is -0.411. The van der Waals surface area contributed by atoms with Crippen molar-refractivity contribution in [1.82, 2.24) is 4.90 Å². The van der Waals surface area contributed by atoms with Crippen LogP contribution in [0.15, 0.2) is 58.5 Å². The topological polar surface area (TPSA) is 140 Å². The van der Waals surface area contributed by atoms with Gasteiger partial charge in [0.15, 0.2) is 0 Å². The average Bonchev–Trinajstić information content (AvgIpc) is 2.86. The molecule has 2 aromatic rings. The Balaban J connectivity index is 1.91. The SMILES string of the molecule is CCOc1ccc(/C=C(\SC)C(=O)N(C=O)CCCC(=O)Nc2ccc(/C(N)=N/N)cc2)cc1. The summed E-state index contributed by atoms with van der Waals surface area (Å²) in [6, 6.07) is 14.1. The highest BCUT2D eigenvalue weighted by molar-refractivity contribution is 8.03. The third-order valence-electron chi connectivity index (χ3n) is 4.71. The summed E-state index contributed by atoms with van der Waals surface area (Å²) in [5.74, 6) is 5.44. The van der Waals surface area contributed by atoms with Crippen LogP contribution in [-0.4, -0.2) is 48.4 Å². The number of hydrogen-bond acceptors (Lipinski definition) is 7. The molecule has 0 aliphatic heterocycles. The molecule has 0 radical (unpaired) electrons. The van der Waals surface area contributed by atoms with E-state index in [1.165, 1.54) is 11.8 Å². The van der Waals surface area contributed by atoms with Gasteiger partial charge in [-0.3, -0.25) is 19.3 Å². The zero-order chi connectivity index (χ0) is 24.9. The van der Waals surface area contributed by atoms with Gasteiger partial charge < -0.3 is 21.6 Å². The summed E-state index contributed by atoms with van der Waals surface area (Å²) >= 11 is 1.25. The summed E-state index contributed by atoms with van der Waals surface area (Å²) in [6.07, 6.45) is 4.45. The monoisotopic (exact) mass is 483 g/mol. The van der Waals surface area contributed by atoms with Crippen molar-refractivity contribution in [3.63, 3.8) is 0 Å². The minimum Gasteiger partial charge on any atom is -0.494 e. The molecule has 0 heterocycles. The van der Waals surface area contributed by atoms with Crippen LogP contribution >= 0.6 is 11.8 Å². The molecule has 0 spiro atoms. The van der Waals surface area contributed by atoms with E-state index in [0.29, 0.717) is 35.6 Å². The number of nitrogens with two attached hydrogens (primary N) is 2. The molecule has 0 atom stereocenters. The van der Waals surface area contributed by atoms with Gasteiger partial charge in [0, 0.05) is 24.2 Å². The van der Waals surface area contributed by atoms with Gasteiger partial charge in [0.05, 0.1) is 11.5 Å². The number of amides is 3. The average molecular weight is 484 g/mol. The van der Waals surface area contributed by atoms with Gasteiger partial charge in [-0.1, -0.05) is 12.1 Å². The zero-order valence-corrected chi connectivity index (χ0v) is 20.0. The van der Waals surface area contributed by atoms with Crippen LogP contribution in [0.4, 0.5) is 5.69 Å². The second kappa shape index (κ2) is 13.7. The fourth-order valence-corrected chi connectivity index (χ4v) is 3.51. The van der Waals surface area contributed by atoms with Crippen molar-refractivity contribution in [2.45, 2.75) is 19.8 Å². The molecule has 2 rings (SSSR count). The maximum absolute atomic E-state index is 12.8. The van der Waals surface area contributed by atoms with Gasteiger partial charge in [0.1, 0.15) is 11.6 Å². The lowest BCUT2D eigenvalue weighted by Gasteiger charge is -2.16. The highest BCUT2D eigenvalue weighted by atomic mass is 32.2. The number of nitrogens with zero attached hydrogens (tertiary/aromatic N) is 2. The van der Waals surface area contributed by atoms with Crippen molar-refractivity contribution in [2.24, 2.45) is 16.7 Å². The van der Waals surface area contributed by atoms with E-state index in [1.54, 1.807) is 36.6 Å². The highest BCUT2D eigenvalue weighted by Gasteiger charge is 2.17. The second-order valence-electron chi connectivity index (χ2n) is 7.06. The molecular formula is C24H29N5O4S. The summed E-state index contributed by atoms with van der Waals surface area (Å²) in [5.41, 5.74) is 7.68. The number of thioether (sulfide) groups is 1. The maximum atomic E-state index is 12.8. The minimum absolute atomic E-state index is 0.124. The summed E-state index contributed by atoms with van der Waals surface area (Å²) in [4.78, 5) is 38.1. The first-order valence-corrected chi connectivity index (χ1v) is 11.8. The lowest BCUT2D eigenvalue weighted by atomic mass is 10.2. The molecule has 0 aliphatic carbocycles. The Labute approximate surface area is 203 Å². The number of carbonyl (C=O) groups is 3. The predicted octanol–water partition coefficient (Wildman–Crippen LogP) is 2.77. The van der Waals surface area contributed by atoms with Crippen LogP contribution in [0, 0.1) is 0 Å². The maximum Gasteiger partial charge on any atom is 0.266 e. The molecule has 0 unspecified atom stereocenters. The van der Waals surface area contributed by atoms with Crippen LogP contribution < -0.4 is 21.6 Å². The van der Waals surface area contributed by atoms with Gasteiger partial charge in [-0.15, -0.1) is 11.8 Å². The van der Waals surface area contributed by atoms with Crippen molar-refractivity contribution < 1.29 is 19.1 Å². The number of anilines is 1. The molecule has 9 nitrogen and oxygen atoms in total. The molecule has 10 heteroatoms. The summed E-state index contributed by atoms with van der Waals surface area (Å²) in [6.45, 7) is 2.60. The van der Waals surface area contributed by atoms with E-state index in [0.717, 1.165) is 16.2 Å². The first kappa shape index (κ1) is 26.5. The quantitative estimate of drug-likeness (QED) is 0.105. The van der Waals surface area contributed by atoms with Crippen LogP contribution in [0.5, 0.6) is 5.75 Å². The smallest absolute Gasteiger partial charge is 0.266 e. The highest BCUT2D eigenvalue weighted by Crippen LogP contribution is 2.21. The molecule has 0 saturated carbocycles. The molecule has 180 valence electrons. The van der Waals surface area contributed by atoms with Gasteiger partial charge in [0.2, 0.25) is 12.3 Å². The molecule has 0 aliphatic rings. The van der Waals surface area contributed by atoms with Crippen LogP contribution in [0.3, 0.4) is 0 Å². The van der Waals surface area contributed by atoms with E-state index in [4.69, 9.17) is 16.3 Å². The summed E-state index contributed by atoms with van der Waals surface area (Å²) < 4.78 is 5.42. The Kier molecular flexibility index (Phi) is 10.7. The normalized spacial score (nSPS) is 11.6. The van der Waals surface area contributed by atoms with Crippen molar-refractivity contribution in [1.29, 1.82) is 0 Å². The Morgan fingerprint density at radius 2 is 1.82 bits per heavy atom. The number of rotatable bonds is 12. The van der Waals surface area contributed by atoms with Crippen LogP contribution in [0.1, 0.15) is 30.9 Å². The predicted molar refractivity (Wildman–Crippen MR) is 136 cm³/mol. The van der Waals surface area contributed by atoms with Crippen molar-refractivity contribution >= 4 is 47.6 Å². The third-order valence-corrected chi connectivity index (χ3v) is 5.45. The largest absolute Gasteiger partial charge is 0.494 e. The zero-order valence-electron chi connectivity index (χ0n) is 19.2. The first-order valence-electron chi connectivity index (χ1n) is 10.6. The number of benzene rings is 2. The second-order valence-corrected chi connectivity index (χ2v) is 7.91. The van der Waals surface area contributed by atoms with Crippen LogP contribution in [0.25, 0.3) is 6.08 Å². The lowest BCUT2D eigenvalue weighted by Crippen LogP contribution is -2.31. The number of ether oxygens (including phenoxy) is 1. The Morgan fingerprint density at radius 3 is 2.38 bits per heavy atom. The number of hydrazone groups is 1. The van der Waals surface area contributed by atoms with Gasteiger partial charge in [0.25, 0.3) is 5.91 Å². The third kappa shape index (κ3) is 7.96. The molecule has 0 fully saturated rings. The van der Waals surface area contributed by atoms with Crippen LogP contribution in [0.2, 0.25) is 0 Å². The first-order chi connectivity index (χ1) is 16.4. The number of carbonyl (C=O) groups excluding carboxylic acids is 3. The fourth-order valence-electron chi connectivity index (χ4n) is 2.96. The number of imide groups is 1. The molecule has 5 N–H and O–H groups in total. The van der Waals surface area contributed by atoms with E-state index in [2.05, 4.69) is 10.4 Å². The van der Waals surface area contributed by atoms with Crippen molar-refractivity contribution in [2.75, 3.05) is 24.7 Å². The molecule has 0 saturated heterocycles. The van der Waals surface area contributed by atoms with E-state index in [-0.39, 0.29) is 24.7 Å². The van der Waals surface area contributed by atoms with E-state index in [9.17, 15) is 14.4 Å². The van der Waals surface area contributed by atoms with Gasteiger partial charge in [-0.05, 0) is 67.6 Å². The lowest BCUT2D eigenvalue weighted by molar-refractivity contribution is -0.135. The standard InChI is InChI=1S/C24H29N5O4S/c1-3-33-20-12-6-17(7-13-20)15-21(34-2)24(32)29(16-30)14-4-5-22(31)27-19-10-8-18(9-11-19)23(25)28-26/h6-13,15-16H,3-5,14,26H2,1-2H3,(H2,25,28)(H,27,31)/b21-15-. The number of nitrogens with one attached hydrogen (secondary N) is 1. The van der Waals surface area contributed by atoms with E-state index < -0.39 is 5.91 Å². The summed E-state index contributed by atoms with van der Waals surface area (Å²) in [5, 5.41) is 6.18. The number of amidine groups is 1. The van der Waals surface area contributed by atoms with Gasteiger partial charge >= 0.3 is 0 Å². The van der Waals surface area contributed by atoms with E-state index in [1.807, 2.05) is 31.2 Å². The molecule has 34 heavy (non-hydrogen) atoms. The molecule has 0 bridgehead atoms. The van der Waals surface area contributed by atoms with Crippen LogP contribution in [-0.2, 0) is 14.4 Å². The molecule has 2 aromatic carbocycles. The number of hydrogen-bond donors (Lipinski definition) is 3. The molecular weight excluding hydrogens is 454 g/mol. The van der Waals surface area contributed by atoms with Crippen molar-refractivity contribution in [3.05, 3.63) is 64.6 Å². The molecule has 3 amide bonds. The van der Waals surface area contributed by atoms with Crippen molar-refractivity contribution in [3.8, 4) is 5.75 Å². The van der Waals surface area contributed by atoms with Gasteiger partial charge in [-0.25, -0.2) is 0 Å².